The van der Waals surface area contributed by atoms with Crippen molar-refractivity contribution in [1.82, 2.24) is 0 Å². The van der Waals surface area contributed by atoms with E-state index in [1.165, 1.54) is 45.0 Å². The molecule has 4 aromatic carbocycles. The average Bonchev–Trinajstić information content (AvgIpc) is 3.13. The van der Waals surface area contributed by atoms with E-state index < -0.39 is 0 Å². The Labute approximate surface area is 195 Å². The van der Waals surface area contributed by atoms with Crippen molar-refractivity contribution in [3.8, 4) is 0 Å². The van der Waals surface area contributed by atoms with Crippen LogP contribution in [0.15, 0.2) is 97.1 Å². The van der Waals surface area contributed by atoms with Gasteiger partial charge < -0.3 is 9.80 Å². The number of fused-ring (bicyclic) bond motifs is 4. The van der Waals surface area contributed by atoms with Crippen molar-refractivity contribution < 1.29 is 0 Å². The highest BCUT2D eigenvalue weighted by molar-refractivity contribution is 5.90. The van der Waals surface area contributed by atoms with Crippen LogP contribution in [0.3, 0.4) is 0 Å². The Balaban J connectivity index is 1.32. The molecule has 2 nitrogen and oxygen atoms in total. The first-order chi connectivity index (χ1) is 16.4. The fourth-order valence-corrected chi connectivity index (χ4v) is 4.98. The maximum Gasteiger partial charge on any atom is 0.0484 e. The van der Waals surface area contributed by atoms with Gasteiger partial charge >= 0.3 is 0 Å². The van der Waals surface area contributed by atoms with Crippen LogP contribution in [0, 0.1) is 0 Å². The highest BCUT2D eigenvalue weighted by Gasteiger charge is 2.20. The summed E-state index contributed by atoms with van der Waals surface area (Å²) < 4.78 is 0. The third-order valence-corrected chi connectivity index (χ3v) is 6.56. The van der Waals surface area contributed by atoms with Gasteiger partial charge in [0.05, 0.1) is 0 Å². The van der Waals surface area contributed by atoms with Crippen molar-refractivity contribution in [3.63, 3.8) is 0 Å². The zero-order chi connectivity index (χ0) is 22.0. The van der Waals surface area contributed by atoms with Crippen LogP contribution in [0.2, 0.25) is 0 Å². The van der Waals surface area contributed by atoms with Crippen molar-refractivity contribution in [2.45, 2.75) is 6.42 Å². The molecule has 2 heterocycles. The monoisotopic (exact) mass is 426 g/mol. The maximum atomic E-state index is 2.48. The fourth-order valence-electron chi connectivity index (χ4n) is 4.98. The molecule has 0 fully saturated rings. The van der Waals surface area contributed by atoms with E-state index in [1.54, 1.807) is 0 Å². The second kappa shape index (κ2) is 8.48. The van der Waals surface area contributed by atoms with Crippen molar-refractivity contribution in [1.29, 1.82) is 0 Å². The van der Waals surface area contributed by atoms with Gasteiger partial charge in [0.15, 0.2) is 0 Å². The molecule has 0 aliphatic carbocycles. The summed E-state index contributed by atoms with van der Waals surface area (Å²) in [4.78, 5) is 4.97. The summed E-state index contributed by atoms with van der Waals surface area (Å²) in [6, 6.07) is 34.8. The summed E-state index contributed by atoms with van der Waals surface area (Å²) in [5, 5.41) is 0. The van der Waals surface area contributed by atoms with Crippen molar-refractivity contribution in [2.24, 2.45) is 0 Å². The number of rotatable bonds is 4. The molecular weight excluding hydrogens is 400 g/mol. The van der Waals surface area contributed by atoms with Crippen LogP contribution < -0.4 is 9.80 Å². The first-order valence-electron chi connectivity index (χ1n) is 11.7. The molecule has 0 saturated carbocycles. The Kier molecular flexibility index (Phi) is 5.04. The van der Waals surface area contributed by atoms with E-state index in [0.29, 0.717) is 0 Å². The Bertz CT molecular complexity index is 1160. The van der Waals surface area contributed by atoms with Crippen molar-refractivity contribution in [3.05, 3.63) is 119 Å². The van der Waals surface area contributed by atoms with Crippen LogP contribution in [0.5, 0.6) is 0 Å². The molecule has 0 atom stereocenters. The molecule has 6 rings (SSSR count). The van der Waals surface area contributed by atoms with Gasteiger partial charge in [-0.1, -0.05) is 97.1 Å². The number of para-hydroxylation sites is 4. The quantitative estimate of drug-likeness (QED) is 0.326. The molecule has 0 spiro atoms. The first kappa shape index (κ1) is 19.6. The third kappa shape index (κ3) is 3.64. The fraction of sp³-hybridized carbons (Fsp3) is 0.0968. The van der Waals surface area contributed by atoms with Crippen LogP contribution in [0.1, 0.15) is 28.7 Å². The normalized spacial score (nSPS) is 13.5. The lowest BCUT2D eigenvalue weighted by Crippen LogP contribution is -2.26. The minimum atomic E-state index is 0.948. The molecule has 160 valence electrons. The topological polar surface area (TPSA) is 6.48 Å². The van der Waals surface area contributed by atoms with Gasteiger partial charge in [0.2, 0.25) is 0 Å². The van der Waals surface area contributed by atoms with Gasteiger partial charge in [0, 0.05) is 35.8 Å². The molecule has 2 heteroatoms. The van der Waals surface area contributed by atoms with Gasteiger partial charge in [0.1, 0.15) is 0 Å². The Morgan fingerprint density at radius 3 is 0.939 bits per heavy atom. The van der Waals surface area contributed by atoms with Crippen molar-refractivity contribution in [2.75, 3.05) is 22.9 Å². The predicted octanol–water partition coefficient (Wildman–Crippen LogP) is 8.02. The number of hydrogen-bond donors (Lipinski definition) is 0. The summed E-state index contributed by atoms with van der Waals surface area (Å²) in [6.45, 7) is 1.90. The van der Waals surface area contributed by atoms with E-state index in [-0.39, 0.29) is 0 Å². The van der Waals surface area contributed by atoms with Gasteiger partial charge in [-0.05, 0) is 52.9 Å². The predicted molar refractivity (Wildman–Crippen MR) is 142 cm³/mol. The minimum absolute atomic E-state index is 0.948. The van der Waals surface area contributed by atoms with E-state index in [9.17, 15) is 0 Å². The third-order valence-electron chi connectivity index (χ3n) is 6.56. The highest BCUT2D eigenvalue weighted by atomic mass is 15.2. The molecule has 0 bridgehead atoms. The van der Waals surface area contributed by atoms with Gasteiger partial charge in [-0.25, -0.2) is 0 Å². The Hall–Kier alpha value is -4.04. The van der Waals surface area contributed by atoms with Crippen LogP contribution in [0.25, 0.3) is 24.3 Å². The first-order valence-corrected chi connectivity index (χ1v) is 11.7. The Morgan fingerprint density at radius 2 is 0.636 bits per heavy atom. The molecule has 0 saturated heterocycles. The molecule has 0 radical (unpaired) electrons. The number of anilines is 4. The molecule has 4 aromatic rings. The van der Waals surface area contributed by atoms with E-state index in [2.05, 4.69) is 131 Å². The van der Waals surface area contributed by atoms with E-state index >= 15 is 0 Å². The molecule has 2 aliphatic heterocycles. The maximum absolute atomic E-state index is 2.48. The number of hydrogen-bond acceptors (Lipinski definition) is 2. The van der Waals surface area contributed by atoms with Crippen LogP contribution in [-0.4, -0.2) is 13.1 Å². The van der Waals surface area contributed by atoms with Gasteiger partial charge in [0.25, 0.3) is 0 Å². The standard InChI is InChI=1S/C31H26N2/c1-5-14-28-24(10-1)18-19-25-11-2-6-15-29(25)32(28)22-9-23-33-30-16-7-3-12-26(30)20-21-27-13-4-8-17-31(27)33/h1-8,10-21H,9,22-23H2. The highest BCUT2D eigenvalue weighted by Crippen LogP contribution is 2.38. The second-order valence-corrected chi connectivity index (χ2v) is 8.56. The largest absolute Gasteiger partial charge is 0.340 e. The van der Waals surface area contributed by atoms with Crippen LogP contribution in [0.4, 0.5) is 22.7 Å². The van der Waals surface area contributed by atoms with Gasteiger partial charge in [-0.3, -0.25) is 0 Å². The van der Waals surface area contributed by atoms with E-state index in [1.807, 2.05) is 0 Å². The van der Waals surface area contributed by atoms with Crippen LogP contribution in [-0.2, 0) is 0 Å². The molecule has 0 N–H and O–H groups in total. The summed E-state index contributed by atoms with van der Waals surface area (Å²) in [6.07, 6.45) is 9.98. The lowest BCUT2D eigenvalue weighted by Gasteiger charge is -2.30. The van der Waals surface area contributed by atoms with Gasteiger partial charge in [-0.2, -0.15) is 0 Å². The Morgan fingerprint density at radius 1 is 0.364 bits per heavy atom. The molecule has 0 unspecified atom stereocenters. The summed E-state index contributed by atoms with van der Waals surface area (Å²) in [5.74, 6) is 0. The summed E-state index contributed by atoms with van der Waals surface area (Å²) >= 11 is 0. The molecule has 0 aromatic heterocycles. The lowest BCUT2D eigenvalue weighted by atomic mass is 10.1. The minimum Gasteiger partial charge on any atom is -0.340 e. The SMILES string of the molecule is C1=Cc2ccccc2N(CCCN2c3ccccc3C=Cc3ccccc32)c2ccccc21. The molecule has 0 amide bonds. The number of nitrogens with zero attached hydrogens (tertiary/aromatic N) is 2. The zero-order valence-electron chi connectivity index (χ0n) is 18.6. The van der Waals surface area contributed by atoms with E-state index in [0.717, 1.165) is 19.5 Å². The molecular formula is C31H26N2. The number of benzene rings is 4. The summed E-state index contributed by atoms with van der Waals surface area (Å²) in [7, 11) is 0. The van der Waals surface area contributed by atoms with Gasteiger partial charge in [-0.15, -0.1) is 0 Å². The lowest BCUT2D eigenvalue weighted by molar-refractivity contribution is 0.797. The molecule has 33 heavy (non-hydrogen) atoms. The molecule has 2 aliphatic rings. The van der Waals surface area contributed by atoms with Crippen molar-refractivity contribution >= 4 is 47.1 Å². The second-order valence-electron chi connectivity index (χ2n) is 8.56. The van der Waals surface area contributed by atoms with E-state index in [4.69, 9.17) is 0 Å². The van der Waals surface area contributed by atoms with Crippen LogP contribution >= 0.6 is 0 Å². The zero-order valence-corrected chi connectivity index (χ0v) is 18.6. The summed E-state index contributed by atoms with van der Waals surface area (Å²) in [5.41, 5.74) is 10.2. The average molecular weight is 427 g/mol. The smallest absolute Gasteiger partial charge is 0.0484 e.